The third-order valence-corrected chi connectivity index (χ3v) is 1.99. The van der Waals surface area contributed by atoms with Crippen LogP contribution in [0.25, 0.3) is 0 Å². The average molecular weight is 274 g/mol. The van der Waals surface area contributed by atoms with E-state index < -0.39 is 24.7 Å². The number of carboxylic acids is 1. The fourth-order valence-electron chi connectivity index (χ4n) is 1.03. The molecule has 0 amide bonds. The zero-order valence-electron chi connectivity index (χ0n) is 10.0. The Kier molecular flexibility index (Phi) is 8.69. The number of rotatable bonds is 10. The van der Waals surface area contributed by atoms with Crippen molar-refractivity contribution in [3.8, 4) is 0 Å². The van der Waals surface area contributed by atoms with E-state index in [2.05, 4.69) is 4.74 Å². The number of hydrogen-bond acceptors (Lipinski definition) is 4. The van der Waals surface area contributed by atoms with Crippen LogP contribution in [0.5, 0.6) is 0 Å². The van der Waals surface area contributed by atoms with Crippen LogP contribution >= 0.6 is 0 Å². The topological polar surface area (TPSA) is 65.0 Å². The minimum absolute atomic E-state index is 0.0765. The number of alkyl halides is 3. The summed E-state index contributed by atoms with van der Waals surface area (Å²) in [7, 11) is 1.55. The van der Waals surface area contributed by atoms with Gasteiger partial charge in [-0.05, 0) is 6.42 Å². The van der Waals surface area contributed by atoms with Gasteiger partial charge in [0, 0.05) is 20.3 Å². The third kappa shape index (κ3) is 8.26. The predicted molar refractivity (Wildman–Crippen MR) is 55.3 cm³/mol. The number of methoxy groups -OCH3 is 1. The predicted octanol–water partition coefficient (Wildman–Crippen LogP) is 1.32. The van der Waals surface area contributed by atoms with Crippen LogP contribution in [0.2, 0.25) is 0 Å². The van der Waals surface area contributed by atoms with E-state index in [0.717, 1.165) is 0 Å². The van der Waals surface area contributed by atoms with E-state index >= 15 is 0 Å². The summed E-state index contributed by atoms with van der Waals surface area (Å²) in [4.78, 5) is 10.3. The average Bonchev–Trinajstić information content (AvgIpc) is 2.24. The fraction of sp³-hybridized carbons (Fsp3) is 0.900. The van der Waals surface area contributed by atoms with E-state index in [1.54, 1.807) is 7.11 Å². The van der Waals surface area contributed by atoms with E-state index in [-0.39, 0.29) is 13.2 Å². The highest BCUT2D eigenvalue weighted by molar-refractivity contribution is 5.71. The molecule has 0 spiro atoms. The second kappa shape index (κ2) is 9.12. The van der Waals surface area contributed by atoms with Crippen molar-refractivity contribution in [2.45, 2.75) is 12.6 Å². The Labute approximate surface area is 103 Å². The molecular formula is C10H17F3O5. The van der Waals surface area contributed by atoms with Crippen molar-refractivity contribution in [3.63, 3.8) is 0 Å². The van der Waals surface area contributed by atoms with Gasteiger partial charge in [-0.1, -0.05) is 0 Å². The summed E-state index contributed by atoms with van der Waals surface area (Å²) in [5, 5.41) is 8.36. The quantitative estimate of drug-likeness (QED) is 0.609. The van der Waals surface area contributed by atoms with Gasteiger partial charge < -0.3 is 19.3 Å². The Morgan fingerprint density at radius 1 is 1.17 bits per heavy atom. The number of hydrogen-bond donors (Lipinski definition) is 1. The van der Waals surface area contributed by atoms with E-state index in [1.165, 1.54) is 0 Å². The van der Waals surface area contributed by atoms with Gasteiger partial charge in [0.1, 0.15) is 0 Å². The number of aliphatic carboxylic acids is 1. The first-order chi connectivity index (χ1) is 8.39. The van der Waals surface area contributed by atoms with Crippen LogP contribution in [0.4, 0.5) is 13.2 Å². The SMILES string of the molecule is COCCCOCCOCC(C(=O)O)C(F)(F)F. The summed E-state index contributed by atoms with van der Waals surface area (Å²) in [6.45, 7) is 0.0931. The molecule has 1 atom stereocenters. The molecule has 0 aromatic rings. The van der Waals surface area contributed by atoms with Gasteiger partial charge in [-0.15, -0.1) is 0 Å². The smallest absolute Gasteiger partial charge is 0.404 e. The second-order valence-corrected chi connectivity index (χ2v) is 3.47. The molecule has 0 aliphatic heterocycles. The minimum atomic E-state index is -4.80. The summed E-state index contributed by atoms with van der Waals surface area (Å²) in [6, 6.07) is 0. The van der Waals surface area contributed by atoms with Crippen molar-refractivity contribution in [3.05, 3.63) is 0 Å². The van der Waals surface area contributed by atoms with E-state index in [1.807, 2.05) is 0 Å². The molecule has 0 aromatic carbocycles. The van der Waals surface area contributed by atoms with Gasteiger partial charge in [0.2, 0.25) is 0 Å². The van der Waals surface area contributed by atoms with Crippen molar-refractivity contribution in [1.82, 2.24) is 0 Å². The lowest BCUT2D eigenvalue weighted by Gasteiger charge is -2.15. The van der Waals surface area contributed by atoms with Crippen molar-refractivity contribution < 1.29 is 37.3 Å². The third-order valence-electron chi connectivity index (χ3n) is 1.99. The van der Waals surface area contributed by atoms with E-state index in [9.17, 15) is 18.0 Å². The first kappa shape index (κ1) is 17.1. The van der Waals surface area contributed by atoms with Gasteiger partial charge >= 0.3 is 12.1 Å². The highest BCUT2D eigenvalue weighted by Crippen LogP contribution is 2.26. The molecule has 0 rings (SSSR count). The molecule has 0 saturated heterocycles. The molecule has 0 saturated carbocycles. The van der Waals surface area contributed by atoms with Crippen LogP contribution < -0.4 is 0 Å². The van der Waals surface area contributed by atoms with Gasteiger partial charge in [0.15, 0.2) is 5.92 Å². The molecule has 0 heterocycles. The number of carboxylic acid groups (broad SMARTS) is 1. The van der Waals surface area contributed by atoms with E-state index in [0.29, 0.717) is 19.6 Å². The Bertz CT molecular complexity index is 232. The van der Waals surface area contributed by atoms with Gasteiger partial charge in [-0.3, -0.25) is 4.79 Å². The lowest BCUT2D eigenvalue weighted by molar-refractivity contribution is -0.203. The zero-order chi connectivity index (χ0) is 14.0. The summed E-state index contributed by atoms with van der Waals surface area (Å²) < 4.78 is 51.0. The van der Waals surface area contributed by atoms with E-state index in [4.69, 9.17) is 14.6 Å². The molecule has 1 N–H and O–H groups in total. The first-order valence-corrected chi connectivity index (χ1v) is 5.33. The van der Waals surface area contributed by atoms with Crippen LogP contribution in [0.15, 0.2) is 0 Å². The number of halogens is 3. The molecular weight excluding hydrogens is 257 g/mol. The van der Waals surface area contributed by atoms with Gasteiger partial charge in [-0.25, -0.2) is 0 Å². The minimum Gasteiger partial charge on any atom is -0.481 e. The highest BCUT2D eigenvalue weighted by atomic mass is 19.4. The monoisotopic (exact) mass is 274 g/mol. The largest absolute Gasteiger partial charge is 0.481 e. The molecule has 0 aliphatic carbocycles. The first-order valence-electron chi connectivity index (χ1n) is 5.33. The van der Waals surface area contributed by atoms with Gasteiger partial charge in [0.05, 0.1) is 19.8 Å². The van der Waals surface area contributed by atoms with Crippen LogP contribution in [-0.4, -0.2) is 57.4 Å². The lowest BCUT2D eigenvalue weighted by atomic mass is 10.1. The van der Waals surface area contributed by atoms with Crippen LogP contribution in [-0.2, 0) is 19.0 Å². The van der Waals surface area contributed by atoms with Crippen LogP contribution in [0.3, 0.4) is 0 Å². The van der Waals surface area contributed by atoms with Crippen molar-refractivity contribution >= 4 is 5.97 Å². The maximum absolute atomic E-state index is 12.2. The Morgan fingerprint density at radius 2 is 1.78 bits per heavy atom. The Hall–Kier alpha value is -0.860. The summed E-state index contributed by atoms with van der Waals surface area (Å²) in [5.41, 5.74) is 0. The van der Waals surface area contributed by atoms with Crippen molar-refractivity contribution in [2.75, 3.05) is 40.1 Å². The molecule has 0 radical (unpaired) electrons. The van der Waals surface area contributed by atoms with Crippen molar-refractivity contribution in [1.29, 1.82) is 0 Å². The molecule has 0 aromatic heterocycles. The Balaban J connectivity index is 3.60. The molecule has 18 heavy (non-hydrogen) atoms. The second-order valence-electron chi connectivity index (χ2n) is 3.47. The highest BCUT2D eigenvalue weighted by Gasteiger charge is 2.45. The summed E-state index contributed by atoms with van der Waals surface area (Å²) in [6.07, 6.45) is -4.12. The molecule has 0 fully saturated rings. The summed E-state index contributed by atoms with van der Waals surface area (Å²) >= 11 is 0. The maximum atomic E-state index is 12.2. The molecule has 5 nitrogen and oxygen atoms in total. The maximum Gasteiger partial charge on any atom is 0.404 e. The molecule has 108 valence electrons. The number of carbonyl (C=O) groups is 1. The molecule has 0 aliphatic rings. The Morgan fingerprint density at radius 3 is 2.28 bits per heavy atom. The number of ether oxygens (including phenoxy) is 3. The van der Waals surface area contributed by atoms with Crippen LogP contribution in [0.1, 0.15) is 6.42 Å². The molecule has 1 unspecified atom stereocenters. The lowest BCUT2D eigenvalue weighted by Crippen LogP contribution is -2.34. The van der Waals surface area contributed by atoms with Gasteiger partial charge in [-0.2, -0.15) is 13.2 Å². The van der Waals surface area contributed by atoms with Gasteiger partial charge in [0.25, 0.3) is 0 Å². The zero-order valence-corrected chi connectivity index (χ0v) is 10.0. The fourth-order valence-corrected chi connectivity index (χ4v) is 1.03. The molecule has 8 heteroatoms. The standard InChI is InChI=1S/C10H17F3O5/c1-16-3-2-4-17-5-6-18-7-8(9(14)15)10(11,12)13/h8H,2-7H2,1H3,(H,14,15). The summed E-state index contributed by atoms with van der Waals surface area (Å²) in [5.74, 6) is -4.44. The normalized spacial score (nSPS) is 13.6. The molecule has 0 bridgehead atoms. The van der Waals surface area contributed by atoms with Crippen LogP contribution in [0, 0.1) is 5.92 Å². The van der Waals surface area contributed by atoms with Crippen molar-refractivity contribution in [2.24, 2.45) is 5.92 Å².